The van der Waals surface area contributed by atoms with Crippen molar-refractivity contribution in [1.82, 2.24) is 4.98 Å². The molecule has 6 heteroatoms. The van der Waals surface area contributed by atoms with Crippen LogP contribution in [0.2, 0.25) is 5.02 Å². The molecule has 0 bridgehead atoms. The van der Waals surface area contributed by atoms with E-state index >= 15 is 0 Å². The lowest BCUT2D eigenvalue weighted by atomic mass is 10.1. The number of hydrogen-bond acceptors (Lipinski definition) is 3. The summed E-state index contributed by atoms with van der Waals surface area (Å²) in [6.07, 6.45) is 0. The van der Waals surface area contributed by atoms with E-state index in [1.54, 1.807) is 0 Å². The highest BCUT2D eigenvalue weighted by Crippen LogP contribution is 2.28. The van der Waals surface area contributed by atoms with Crippen LogP contribution in [-0.4, -0.2) is 9.97 Å². The maximum atomic E-state index is 5.97. The molecular weight excluding hydrogens is 405 g/mol. The van der Waals surface area contributed by atoms with Gasteiger partial charge in [-0.3, -0.25) is 4.98 Å². The van der Waals surface area contributed by atoms with Crippen molar-refractivity contribution in [3.63, 3.8) is 0 Å². The van der Waals surface area contributed by atoms with Gasteiger partial charge in [-0.2, -0.15) is 0 Å². The van der Waals surface area contributed by atoms with Crippen LogP contribution in [-0.2, 0) is 0 Å². The summed E-state index contributed by atoms with van der Waals surface area (Å²) in [6, 6.07) is 7.60. The predicted molar refractivity (Wildman–Crippen MR) is 97.1 cm³/mol. The molecule has 0 spiro atoms. The Morgan fingerprint density at radius 3 is 2.60 bits per heavy atom. The molecule has 0 aliphatic rings. The van der Waals surface area contributed by atoms with Gasteiger partial charge in [-0.25, -0.2) is 0 Å². The van der Waals surface area contributed by atoms with Gasteiger partial charge in [0.05, 0.1) is 16.9 Å². The first-order chi connectivity index (χ1) is 9.38. The minimum Gasteiger partial charge on any atom is -0.389 e. The van der Waals surface area contributed by atoms with Crippen LogP contribution >= 0.6 is 46.4 Å². The lowest BCUT2D eigenvalue weighted by molar-refractivity contribution is 1.11. The first-order valence-electron chi connectivity index (χ1n) is 5.88. The largest absolute Gasteiger partial charge is 0.389 e. The van der Waals surface area contributed by atoms with Gasteiger partial charge < -0.3 is 11.1 Å². The van der Waals surface area contributed by atoms with Crippen LogP contribution in [0.4, 0.5) is 11.4 Å². The predicted octanol–water partition coefficient (Wildman–Crippen LogP) is 4.33. The van der Waals surface area contributed by atoms with Gasteiger partial charge in [-0.1, -0.05) is 23.8 Å². The minimum absolute atomic E-state index is 0.335. The highest BCUT2D eigenvalue weighted by atomic mass is 127. The second-order valence-electron chi connectivity index (χ2n) is 4.39. The average molecular weight is 418 g/mol. The minimum atomic E-state index is 0.335. The number of hydrogen-bond donors (Lipinski definition) is 2. The van der Waals surface area contributed by atoms with Crippen molar-refractivity contribution in [3.8, 4) is 0 Å². The summed E-state index contributed by atoms with van der Waals surface area (Å²) < 4.78 is 1.02. The zero-order chi connectivity index (χ0) is 14.9. The first-order valence-corrected chi connectivity index (χ1v) is 7.75. The molecule has 0 radical (unpaired) electrons. The Balaban J connectivity index is 2.50. The van der Waals surface area contributed by atoms with E-state index in [1.165, 1.54) is 0 Å². The third-order valence-corrected chi connectivity index (χ3v) is 4.11. The van der Waals surface area contributed by atoms with Gasteiger partial charge in [-0.05, 0) is 60.7 Å². The summed E-state index contributed by atoms with van der Waals surface area (Å²) >= 11 is 13.3. The fourth-order valence-electron chi connectivity index (χ4n) is 1.97. The molecule has 0 saturated carbocycles. The van der Waals surface area contributed by atoms with Gasteiger partial charge >= 0.3 is 0 Å². The van der Waals surface area contributed by atoms with Crippen molar-refractivity contribution in [2.75, 3.05) is 5.32 Å². The number of thiocarbonyl (C=S) groups is 1. The van der Waals surface area contributed by atoms with Crippen LogP contribution in [0, 0.1) is 17.4 Å². The molecule has 104 valence electrons. The molecule has 0 aliphatic carbocycles. The molecular formula is C14H13ClIN3S. The molecule has 2 aromatic rings. The summed E-state index contributed by atoms with van der Waals surface area (Å²) in [5, 5.41) is 4.06. The van der Waals surface area contributed by atoms with E-state index in [0.29, 0.717) is 10.0 Å². The normalized spacial score (nSPS) is 10.4. The van der Waals surface area contributed by atoms with Crippen LogP contribution in [0.1, 0.15) is 17.0 Å². The maximum absolute atomic E-state index is 5.97. The topological polar surface area (TPSA) is 50.9 Å². The van der Waals surface area contributed by atoms with Crippen molar-refractivity contribution in [1.29, 1.82) is 0 Å². The Morgan fingerprint density at radius 2 is 2.00 bits per heavy atom. The first kappa shape index (κ1) is 15.5. The van der Waals surface area contributed by atoms with E-state index in [-0.39, 0.29) is 0 Å². The van der Waals surface area contributed by atoms with Crippen molar-refractivity contribution in [2.45, 2.75) is 13.8 Å². The average Bonchev–Trinajstić information content (AvgIpc) is 2.31. The Hall–Kier alpha value is -0.920. The molecule has 0 unspecified atom stereocenters. The Kier molecular flexibility index (Phi) is 4.82. The molecule has 0 amide bonds. The van der Waals surface area contributed by atoms with Gasteiger partial charge in [-0.15, -0.1) is 0 Å². The standard InChI is InChI=1S/C14H13ClIN3S/c1-7-5-12(13(14(17)20)8(2)18-7)19-11-4-3-9(15)6-10(11)16/h3-6H,1-2H3,(H2,17,20)(H,18,19). The second kappa shape index (κ2) is 6.24. The van der Waals surface area contributed by atoms with Crippen LogP contribution < -0.4 is 11.1 Å². The highest BCUT2D eigenvalue weighted by Gasteiger charge is 2.12. The van der Waals surface area contributed by atoms with Gasteiger partial charge in [0.2, 0.25) is 0 Å². The van der Waals surface area contributed by atoms with E-state index in [2.05, 4.69) is 32.9 Å². The number of benzene rings is 1. The zero-order valence-corrected chi connectivity index (χ0v) is 14.7. The number of halogens is 2. The van der Waals surface area contributed by atoms with Crippen molar-refractivity contribution in [2.24, 2.45) is 5.73 Å². The summed E-state index contributed by atoms with van der Waals surface area (Å²) in [6.45, 7) is 3.84. The van der Waals surface area contributed by atoms with Crippen molar-refractivity contribution >= 4 is 62.8 Å². The maximum Gasteiger partial charge on any atom is 0.107 e. The molecule has 3 N–H and O–H groups in total. The number of nitrogens with one attached hydrogen (secondary N) is 1. The van der Waals surface area contributed by atoms with Crippen molar-refractivity contribution < 1.29 is 0 Å². The highest BCUT2D eigenvalue weighted by molar-refractivity contribution is 14.1. The van der Waals surface area contributed by atoms with Crippen LogP contribution in [0.25, 0.3) is 0 Å². The number of anilines is 2. The van der Waals surface area contributed by atoms with Gasteiger partial charge in [0.25, 0.3) is 0 Å². The summed E-state index contributed by atoms with van der Waals surface area (Å²) in [7, 11) is 0. The molecule has 2 rings (SSSR count). The van der Waals surface area contributed by atoms with E-state index in [1.807, 2.05) is 38.1 Å². The quantitative estimate of drug-likeness (QED) is 0.576. The molecule has 1 aromatic carbocycles. The molecule has 1 heterocycles. The number of pyridine rings is 1. The zero-order valence-electron chi connectivity index (χ0n) is 11.0. The molecule has 3 nitrogen and oxygen atoms in total. The lowest BCUT2D eigenvalue weighted by Crippen LogP contribution is -2.15. The monoisotopic (exact) mass is 417 g/mol. The van der Waals surface area contributed by atoms with Crippen molar-refractivity contribution in [3.05, 3.63) is 49.8 Å². The SMILES string of the molecule is Cc1cc(Nc2ccc(Cl)cc2I)c(C(N)=S)c(C)n1. The Bertz CT molecular complexity index is 688. The van der Waals surface area contributed by atoms with Crippen LogP contribution in [0.15, 0.2) is 24.3 Å². The van der Waals surface area contributed by atoms with Gasteiger partial charge in [0.15, 0.2) is 0 Å². The van der Waals surface area contributed by atoms with E-state index in [4.69, 9.17) is 29.6 Å². The summed E-state index contributed by atoms with van der Waals surface area (Å²) in [5.74, 6) is 0. The number of aromatic nitrogens is 1. The molecule has 1 aromatic heterocycles. The fourth-order valence-corrected chi connectivity index (χ4v) is 3.24. The Morgan fingerprint density at radius 1 is 1.30 bits per heavy atom. The van der Waals surface area contributed by atoms with Gasteiger partial charge in [0, 0.05) is 20.0 Å². The molecule has 0 atom stereocenters. The molecule has 0 saturated heterocycles. The lowest BCUT2D eigenvalue weighted by Gasteiger charge is -2.15. The summed E-state index contributed by atoms with van der Waals surface area (Å²) in [4.78, 5) is 4.74. The van der Waals surface area contributed by atoms with E-state index in [0.717, 1.165) is 31.9 Å². The van der Waals surface area contributed by atoms with E-state index < -0.39 is 0 Å². The molecule has 0 fully saturated rings. The third-order valence-electron chi connectivity index (χ3n) is 2.78. The smallest absolute Gasteiger partial charge is 0.107 e. The number of nitrogens with two attached hydrogens (primary N) is 1. The van der Waals surface area contributed by atoms with Crippen LogP contribution in [0.5, 0.6) is 0 Å². The number of aryl methyl sites for hydroxylation is 2. The summed E-state index contributed by atoms with van der Waals surface area (Å²) in [5.41, 5.74) is 10.1. The molecule has 0 aliphatic heterocycles. The van der Waals surface area contributed by atoms with Gasteiger partial charge in [0.1, 0.15) is 4.99 Å². The third kappa shape index (κ3) is 3.39. The fraction of sp³-hybridized carbons (Fsp3) is 0.143. The second-order valence-corrected chi connectivity index (χ2v) is 6.42. The Labute approximate surface area is 142 Å². The number of nitrogens with zero attached hydrogens (tertiary/aromatic N) is 1. The molecule has 20 heavy (non-hydrogen) atoms. The van der Waals surface area contributed by atoms with E-state index in [9.17, 15) is 0 Å². The number of rotatable bonds is 3. The van der Waals surface area contributed by atoms with Crippen LogP contribution in [0.3, 0.4) is 0 Å².